The first-order valence-corrected chi connectivity index (χ1v) is 11.7. The van der Waals surface area contributed by atoms with Gasteiger partial charge in [-0.15, -0.1) is 10.2 Å². The van der Waals surface area contributed by atoms with Crippen LogP contribution in [-0.2, 0) is 0 Å². The van der Waals surface area contributed by atoms with Crippen molar-refractivity contribution in [2.45, 2.75) is 25.7 Å². The van der Waals surface area contributed by atoms with Crippen molar-refractivity contribution in [3.05, 3.63) is 63.1 Å². The highest BCUT2D eigenvalue weighted by molar-refractivity contribution is 7.13. The smallest absolute Gasteiger partial charge is 0.321 e. The van der Waals surface area contributed by atoms with Gasteiger partial charge in [0.25, 0.3) is 5.91 Å². The number of hydrogen-bond donors (Lipinski definition) is 2. The molecule has 1 aromatic heterocycles. The number of amides is 3. The molecule has 1 aliphatic heterocycles. The Morgan fingerprint density at radius 3 is 2.52 bits per heavy atom. The topological polar surface area (TPSA) is 96.4 Å². The van der Waals surface area contributed by atoms with E-state index in [1.54, 1.807) is 48.4 Å². The summed E-state index contributed by atoms with van der Waals surface area (Å²) < 4.78 is 5.12. The van der Waals surface area contributed by atoms with Crippen LogP contribution in [0.1, 0.15) is 39.1 Å². The van der Waals surface area contributed by atoms with Crippen LogP contribution < -0.4 is 15.4 Å². The van der Waals surface area contributed by atoms with Gasteiger partial charge < -0.3 is 20.3 Å². The molecule has 172 valence electrons. The number of nitrogens with one attached hydrogen (secondary N) is 2. The number of aryl methyl sites for hydroxylation is 1. The van der Waals surface area contributed by atoms with Crippen LogP contribution in [0.2, 0.25) is 5.02 Å². The van der Waals surface area contributed by atoms with Crippen LogP contribution in [0.5, 0.6) is 5.75 Å². The molecule has 0 radical (unpaired) electrons. The molecule has 3 amide bonds. The molecule has 1 saturated heterocycles. The summed E-state index contributed by atoms with van der Waals surface area (Å²) in [6.45, 7) is 3.13. The molecule has 1 fully saturated rings. The van der Waals surface area contributed by atoms with E-state index in [0.717, 1.165) is 23.4 Å². The van der Waals surface area contributed by atoms with E-state index in [2.05, 4.69) is 20.8 Å². The van der Waals surface area contributed by atoms with Gasteiger partial charge in [0.05, 0.1) is 7.11 Å². The van der Waals surface area contributed by atoms with Gasteiger partial charge in [0.1, 0.15) is 10.8 Å². The van der Waals surface area contributed by atoms with Gasteiger partial charge in [-0.05, 0) is 61.7 Å². The lowest BCUT2D eigenvalue weighted by molar-refractivity contribution is 0.102. The highest BCUT2D eigenvalue weighted by Gasteiger charge is 2.27. The largest absolute Gasteiger partial charge is 0.497 e. The number of halogens is 1. The van der Waals surface area contributed by atoms with Gasteiger partial charge in [-0.3, -0.25) is 4.79 Å². The molecule has 3 aromatic rings. The van der Waals surface area contributed by atoms with Gasteiger partial charge in [-0.2, -0.15) is 0 Å². The number of ether oxygens (including phenoxy) is 1. The number of piperidine rings is 1. The number of benzene rings is 2. The molecule has 2 heterocycles. The second-order valence-electron chi connectivity index (χ2n) is 7.78. The van der Waals surface area contributed by atoms with Crippen molar-refractivity contribution in [3.63, 3.8) is 0 Å². The summed E-state index contributed by atoms with van der Waals surface area (Å²) in [5.41, 5.74) is 2.33. The number of urea groups is 1. The predicted molar refractivity (Wildman–Crippen MR) is 130 cm³/mol. The third-order valence-corrected chi connectivity index (χ3v) is 6.88. The fourth-order valence-corrected chi connectivity index (χ4v) is 4.68. The average molecular weight is 486 g/mol. The van der Waals surface area contributed by atoms with E-state index in [9.17, 15) is 9.59 Å². The summed E-state index contributed by atoms with van der Waals surface area (Å²) in [6, 6.07) is 12.4. The summed E-state index contributed by atoms with van der Waals surface area (Å²) in [7, 11) is 1.59. The number of rotatable bonds is 5. The van der Waals surface area contributed by atoms with Crippen LogP contribution in [0.3, 0.4) is 0 Å². The van der Waals surface area contributed by atoms with Crippen LogP contribution >= 0.6 is 22.9 Å². The van der Waals surface area contributed by atoms with Crippen LogP contribution in [0, 0.1) is 6.92 Å². The van der Waals surface area contributed by atoms with Gasteiger partial charge in [0.2, 0.25) is 5.01 Å². The normalized spacial score (nSPS) is 14.1. The fourth-order valence-electron chi connectivity index (χ4n) is 3.60. The minimum atomic E-state index is -0.294. The molecule has 0 atom stereocenters. The van der Waals surface area contributed by atoms with Crippen molar-refractivity contribution in [2.75, 3.05) is 30.8 Å². The summed E-state index contributed by atoms with van der Waals surface area (Å²) in [6.07, 6.45) is 1.52. The maximum absolute atomic E-state index is 12.7. The Labute approximate surface area is 200 Å². The molecule has 8 nitrogen and oxygen atoms in total. The number of likely N-dealkylation sites (tertiary alicyclic amines) is 1. The Kier molecular flexibility index (Phi) is 7.10. The minimum Gasteiger partial charge on any atom is -0.497 e. The Morgan fingerprint density at radius 2 is 1.82 bits per heavy atom. The average Bonchev–Trinajstić information content (AvgIpc) is 3.32. The van der Waals surface area contributed by atoms with Crippen molar-refractivity contribution < 1.29 is 14.3 Å². The minimum absolute atomic E-state index is 0.143. The van der Waals surface area contributed by atoms with Gasteiger partial charge in [0, 0.05) is 35.4 Å². The molecule has 0 unspecified atom stereocenters. The first-order valence-electron chi connectivity index (χ1n) is 10.5. The summed E-state index contributed by atoms with van der Waals surface area (Å²) in [4.78, 5) is 27.0. The molecule has 0 spiro atoms. The Bertz CT molecular complexity index is 1140. The Morgan fingerprint density at radius 1 is 1.09 bits per heavy atom. The Hall–Kier alpha value is -3.17. The van der Waals surface area contributed by atoms with Crippen LogP contribution in [0.4, 0.5) is 16.2 Å². The van der Waals surface area contributed by atoms with Gasteiger partial charge in [0.15, 0.2) is 0 Å². The maximum Gasteiger partial charge on any atom is 0.321 e. The first-order chi connectivity index (χ1) is 15.9. The number of carbonyl (C=O) groups is 2. The molecule has 0 aliphatic carbocycles. The molecule has 10 heteroatoms. The quantitative estimate of drug-likeness (QED) is 0.519. The summed E-state index contributed by atoms with van der Waals surface area (Å²) in [5.74, 6) is 0.591. The third-order valence-electron chi connectivity index (χ3n) is 5.56. The molecule has 2 aromatic carbocycles. The fraction of sp³-hybridized carbons (Fsp3) is 0.304. The maximum atomic E-state index is 12.7. The lowest BCUT2D eigenvalue weighted by Gasteiger charge is -2.31. The number of hydrogen-bond acceptors (Lipinski definition) is 6. The van der Waals surface area contributed by atoms with Crippen LogP contribution in [-0.4, -0.2) is 47.2 Å². The number of carbonyl (C=O) groups excluding carboxylic acids is 2. The Balaban J connectivity index is 1.31. The van der Waals surface area contributed by atoms with E-state index in [4.69, 9.17) is 16.3 Å². The van der Waals surface area contributed by atoms with Crippen molar-refractivity contribution in [2.24, 2.45) is 0 Å². The van der Waals surface area contributed by atoms with Crippen LogP contribution in [0.25, 0.3) is 0 Å². The zero-order chi connectivity index (χ0) is 23.4. The highest BCUT2D eigenvalue weighted by atomic mass is 35.5. The number of aromatic nitrogens is 2. The molecule has 1 aliphatic rings. The predicted octanol–water partition coefficient (Wildman–Crippen LogP) is 5.17. The van der Waals surface area contributed by atoms with Crippen molar-refractivity contribution >= 4 is 46.3 Å². The van der Waals surface area contributed by atoms with E-state index in [-0.39, 0.29) is 17.9 Å². The van der Waals surface area contributed by atoms with E-state index in [0.29, 0.717) is 40.2 Å². The lowest BCUT2D eigenvalue weighted by atomic mass is 9.98. The van der Waals surface area contributed by atoms with E-state index < -0.39 is 0 Å². The van der Waals surface area contributed by atoms with E-state index in [1.807, 2.05) is 13.0 Å². The van der Waals surface area contributed by atoms with Crippen molar-refractivity contribution in [3.8, 4) is 5.75 Å². The van der Waals surface area contributed by atoms with Gasteiger partial charge in [-0.1, -0.05) is 29.0 Å². The summed E-state index contributed by atoms with van der Waals surface area (Å²) >= 11 is 7.34. The number of anilines is 2. The second-order valence-corrected chi connectivity index (χ2v) is 9.22. The van der Waals surface area contributed by atoms with Crippen molar-refractivity contribution in [1.82, 2.24) is 15.1 Å². The van der Waals surface area contributed by atoms with Crippen molar-refractivity contribution in [1.29, 1.82) is 0 Å². The lowest BCUT2D eigenvalue weighted by Crippen LogP contribution is -2.40. The molecular weight excluding hydrogens is 462 g/mol. The second kappa shape index (κ2) is 10.2. The highest BCUT2D eigenvalue weighted by Crippen LogP contribution is 2.31. The van der Waals surface area contributed by atoms with Gasteiger partial charge >= 0.3 is 6.03 Å². The molecule has 33 heavy (non-hydrogen) atoms. The molecular formula is C23H24ClN5O3S. The van der Waals surface area contributed by atoms with E-state index in [1.165, 1.54) is 11.3 Å². The number of nitrogens with zero attached hydrogens (tertiary/aromatic N) is 3. The molecule has 0 bridgehead atoms. The molecule has 2 N–H and O–H groups in total. The van der Waals surface area contributed by atoms with Crippen LogP contribution in [0.15, 0.2) is 42.5 Å². The molecule has 4 rings (SSSR count). The monoisotopic (exact) mass is 485 g/mol. The van der Waals surface area contributed by atoms with E-state index >= 15 is 0 Å². The SMILES string of the molecule is COc1ccc(NC(=O)c2nnc(C3CCN(C(=O)Nc4cc(Cl)ccc4C)CC3)s2)cc1. The standard InChI is InChI=1S/C23H24ClN5O3S/c1-14-3-4-16(24)13-19(14)26-23(31)29-11-9-15(10-12-29)21-27-28-22(33-21)20(30)25-17-5-7-18(32-2)8-6-17/h3-8,13,15H,9-12H2,1-2H3,(H,25,30)(H,26,31). The summed E-state index contributed by atoms with van der Waals surface area (Å²) in [5, 5.41) is 15.8. The number of methoxy groups -OCH3 is 1. The zero-order valence-electron chi connectivity index (χ0n) is 18.3. The zero-order valence-corrected chi connectivity index (χ0v) is 19.9. The molecule has 0 saturated carbocycles. The first kappa shape index (κ1) is 23.0. The third kappa shape index (κ3) is 5.61. The van der Waals surface area contributed by atoms with Gasteiger partial charge in [-0.25, -0.2) is 4.79 Å².